The molecule has 0 bridgehead atoms. The van der Waals surface area contributed by atoms with Gasteiger partial charge in [0, 0.05) is 17.5 Å². The van der Waals surface area contributed by atoms with Crippen molar-refractivity contribution in [3.8, 4) is 11.5 Å². The normalized spacial score (nSPS) is 17.0. The predicted octanol–water partition coefficient (Wildman–Crippen LogP) is 2.12. The predicted molar refractivity (Wildman–Crippen MR) is 112 cm³/mol. The van der Waals surface area contributed by atoms with Gasteiger partial charge >= 0.3 is 0 Å². The van der Waals surface area contributed by atoms with Gasteiger partial charge in [-0.15, -0.1) is 5.10 Å². The highest BCUT2D eigenvalue weighted by Crippen LogP contribution is 2.39. The van der Waals surface area contributed by atoms with Gasteiger partial charge in [0.25, 0.3) is 0 Å². The molecule has 0 aliphatic carbocycles. The first-order chi connectivity index (χ1) is 14.3. The molecule has 1 aliphatic heterocycles. The van der Waals surface area contributed by atoms with Gasteiger partial charge in [-0.3, -0.25) is 9.69 Å². The lowest BCUT2D eigenvalue weighted by atomic mass is 9.92. The van der Waals surface area contributed by atoms with E-state index in [2.05, 4.69) is 41.2 Å². The van der Waals surface area contributed by atoms with Crippen molar-refractivity contribution < 1.29 is 14.3 Å². The van der Waals surface area contributed by atoms with Crippen LogP contribution in [0.3, 0.4) is 0 Å². The molecule has 1 amide bonds. The number of aromatic nitrogens is 4. The van der Waals surface area contributed by atoms with E-state index >= 15 is 0 Å². The summed E-state index contributed by atoms with van der Waals surface area (Å²) in [6, 6.07) is 5.57. The Morgan fingerprint density at radius 2 is 1.97 bits per heavy atom. The van der Waals surface area contributed by atoms with E-state index in [4.69, 9.17) is 15.2 Å². The third-order valence-corrected chi connectivity index (χ3v) is 6.21. The number of methoxy groups -OCH3 is 2. The quantitative estimate of drug-likeness (QED) is 0.702. The maximum absolute atomic E-state index is 11.7. The molecule has 2 aromatic rings. The van der Waals surface area contributed by atoms with E-state index in [1.807, 2.05) is 22.9 Å². The van der Waals surface area contributed by atoms with E-state index in [1.165, 1.54) is 0 Å². The molecule has 1 atom stereocenters. The molecule has 1 unspecified atom stereocenters. The lowest BCUT2D eigenvalue weighted by Crippen LogP contribution is -2.42. The van der Waals surface area contributed by atoms with Crippen LogP contribution in [-0.4, -0.2) is 58.3 Å². The monoisotopic (exact) mass is 416 g/mol. The summed E-state index contributed by atoms with van der Waals surface area (Å²) in [6.45, 7) is 7.79. The number of ether oxygens (including phenoxy) is 2. The smallest absolute Gasteiger partial charge is 0.220 e. The van der Waals surface area contributed by atoms with E-state index in [1.54, 1.807) is 14.2 Å². The van der Waals surface area contributed by atoms with Gasteiger partial charge in [0.2, 0.25) is 5.91 Å². The first kappa shape index (κ1) is 22.0. The van der Waals surface area contributed by atoms with E-state index < -0.39 is 0 Å². The molecule has 3 rings (SSSR count). The molecule has 0 spiro atoms. The van der Waals surface area contributed by atoms with Crippen LogP contribution in [0.25, 0.3) is 0 Å². The number of tetrazole rings is 1. The maximum Gasteiger partial charge on any atom is 0.220 e. The zero-order valence-electron chi connectivity index (χ0n) is 18.5. The van der Waals surface area contributed by atoms with Gasteiger partial charge in [-0.05, 0) is 68.8 Å². The molecular weight excluding hydrogens is 384 g/mol. The fraction of sp³-hybridized carbons (Fsp3) is 0.619. The molecule has 1 aliphatic rings. The van der Waals surface area contributed by atoms with E-state index in [0.717, 1.165) is 23.6 Å². The standard InChI is InChI=1S/C21H32N6O3/c1-6-21(2,3)27-20(23-24-25-27)18(26-11-9-14(10-12-26)19(22)28)16-8-7-15(29-4)13-17(16)30-5/h7-8,13-14,18H,6,9-12H2,1-5H3,(H2,22,28). The second-order valence-electron chi connectivity index (χ2n) is 8.34. The highest BCUT2D eigenvalue weighted by molar-refractivity contribution is 5.76. The molecule has 9 nitrogen and oxygen atoms in total. The summed E-state index contributed by atoms with van der Waals surface area (Å²) in [6.07, 6.45) is 2.30. The summed E-state index contributed by atoms with van der Waals surface area (Å²) in [5.41, 5.74) is 6.25. The fourth-order valence-corrected chi connectivity index (χ4v) is 3.93. The van der Waals surface area contributed by atoms with Crippen LogP contribution >= 0.6 is 0 Å². The van der Waals surface area contributed by atoms with E-state index in [0.29, 0.717) is 31.7 Å². The van der Waals surface area contributed by atoms with Gasteiger partial charge in [-0.2, -0.15) is 0 Å². The van der Waals surface area contributed by atoms with Crippen molar-refractivity contribution in [2.45, 2.75) is 51.6 Å². The fourth-order valence-electron chi connectivity index (χ4n) is 3.93. The van der Waals surface area contributed by atoms with Gasteiger partial charge in [0.15, 0.2) is 5.82 Å². The summed E-state index contributed by atoms with van der Waals surface area (Å²) < 4.78 is 13.0. The average molecular weight is 417 g/mol. The highest BCUT2D eigenvalue weighted by Gasteiger charge is 2.36. The number of nitrogens with two attached hydrogens (primary N) is 1. The minimum Gasteiger partial charge on any atom is -0.497 e. The SMILES string of the molecule is CCC(C)(C)n1nnnc1C(c1ccc(OC)cc1OC)N1CCC(C(N)=O)CC1. The van der Waals surface area contributed by atoms with Crippen molar-refractivity contribution in [3.05, 3.63) is 29.6 Å². The molecule has 2 N–H and O–H groups in total. The van der Waals surface area contributed by atoms with Crippen LogP contribution in [0.1, 0.15) is 57.5 Å². The zero-order valence-corrected chi connectivity index (χ0v) is 18.5. The molecule has 9 heteroatoms. The number of nitrogens with zero attached hydrogens (tertiary/aromatic N) is 5. The first-order valence-electron chi connectivity index (χ1n) is 10.4. The van der Waals surface area contributed by atoms with Gasteiger partial charge in [-0.1, -0.05) is 6.92 Å². The largest absolute Gasteiger partial charge is 0.497 e. The summed E-state index contributed by atoms with van der Waals surface area (Å²) in [7, 11) is 3.28. The highest BCUT2D eigenvalue weighted by atomic mass is 16.5. The molecule has 2 heterocycles. The number of likely N-dealkylation sites (tertiary alicyclic amines) is 1. The number of piperidine rings is 1. The summed E-state index contributed by atoms with van der Waals surface area (Å²) >= 11 is 0. The van der Waals surface area contributed by atoms with Crippen LogP contribution in [0.4, 0.5) is 0 Å². The Hall–Kier alpha value is -2.68. The van der Waals surface area contributed by atoms with Crippen molar-refractivity contribution >= 4 is 5.91 Å². The minimum atomic E-state index is -0.248. The van der Waals surface area contributed by atoms with Gasteiger partial charge in [0.1, 0.15) is 17.5 Å². The molecule has 30 heavy (non-hydrogen) atoms. The van der Waals surface area contributed by atoms with Crippen LogP contribution in [0.2, 0.25) is 0 Å². The number of rotatable bonds is 8. The average Bonchev–Trinajstić information content (AvgIpc) is 3.25. The molecule has 0 saturated carbocycles. The third kappa shape index (κ3) is 4.26. The Morgan fingerprint density at radius 3 is 2.53 bits per heavy atom. The van der Waals surface area contributed by atoms with Gasteiger partial charge < -0.3 is 15.2 Å². The molecule has 1 aromatic heterocycles. The summed E-state index contributed by atoms with van der Waals surface area (Å²) in [5, 5.41) is 12.8. The molecular formula is C21H32N6O3. The van der Waals surface area contributed by atoms with Gasteiger partial charge in [0.05, 0.1) is 19.8 Å². The van der Waals surface area contributed by atoms with Crippen LogP contribution in [0, 0.1) is 5.92 Å². The molecule has 1 aromatic carbocycles. The Balaban J connectivity index is 2.08. The zero-order chi connectivity index (χ0) is 21.9. The Labute approximate surface area is 177 Å². The second kappa shape index (κ2) is 8.99. The topological polar surface area (TPSA) is 108 Å². The van der Waals surface area contributed by atoms with Crippen LogP contribution in [0.15, 0.2) is 18.2 Å². The second-order valence-corrected chi connectivity index (χ2v) is 8.34. The summed E-state index contributed by atoms with van der Waals surface area (Å²) in [4.78, 5) is 14.0. The van der Waals surface area contributed by atoms with Crippen molar-refractivity contribution in [3.63, 3.8) is 0 Å². The number of hydrogen-bond acceptors (Lipinski definition) is 7. The Kier molecular flexibility index (Phi) is 6.60. The van der Waals surface area contributed by atoms with Crippen molar-refractivity contribution in [2.24, 2.45) is 11.7 Å². The molecule has 0 radical (unpaired) electrons. The number of carbonyl (C=O) groups is 1. The first-order valence-corrected chi connectivity index (χ1v) is 10.4. The Bertz CT molecular complexity index is 873. The minimum absolute atomic E-state index is 0.0947. The number of primary amides is 1. The number of amides is 1. The van der Waals surface area contributed by atoms with Gasteiger partial charge in [-0.25, -0.2) is 4.68 Å². The van der Waals surface area contributed by atoms with E-state index in [-0.39, 0.29) is 23.4 Å². The van der Waals surface area contributed by atoms with Crippen LogP contribution in [-0.2, 0) is 10.3 Å². The molecule has 1 fully saturated rings. The lowest BCUT2D eigenvalue weighted by molar-refractivity contribution is -0.123. The summed E-state index contributed by atoms with van der Waals surface area (Å²) in [5.74, 6) is 1.85. The Morgan fingerprint density at radius 1 is 1.27 bits per heavy atom. The van der Waals surface area contributed by atoms with Crippen molar-refractivity contribution in [1.29, 1.82) is 0 Å². The number of hydrogen-bond donors (Lipinski definition) is 1. The molecule has 1 saturated heterocycles. The van der Waals surface area contributed by atoms with E-state index in [9.17, 15) is 4.79 Å². The number of carbonyl (C=O) groups excluding carboxylic acids is 1. The van der Waals surface area contributed by atoms with Crippen molar-refractivity contribution in [1.82, 2.24) is 25.1 Å². The van der Waals surface area contributed by atoms with Crippen LogP contribution in [0.5, 0.6) is 11.5 Å². The van der Waals surface area contributed by atoms with Crippen LogP contribution < -0.4 is 15.2 Å². The number of benzene rings is 1. The lowest BCUT2D eigenvalue weighted by Gasteiger charge is -2.38. The molecule has 164 valence electrons. The maximum atomic E-state index is 11.7. The third-order valence-electron chi connectivity index (χ3n) is 6.21. The van der Waals surface area contributed by atoms with Crippen molar-refractivity contribution in [2.75, 3.05) is 27.3 Å².